The van der Waals surface area contributed by atoms with E-state index < -0.39 is 0 Å². The molecular weight excluding hydrogens is 314 g/mol. The summed E-state index contributed by atoms with van der Waals surface area (Å²) in [6.45, 7) is 1.82. The van der Waals surface area contributed by atoms with Crippen LogP contribution in [0.3, 0.4) is 0 Å². The minimum Gasteiger partial charge on any atom is -0.288 e. The minimum atomic E-state index is -0.267. The van der Waals surface area contributed by atoms with Gasteiger partial charge in [-0.05, 0) is 37.3 Å². The molecule has 5 nitrogen and oxygen atoms in total. The quantitative estimate of drug-likeness (QED) is 0.796. The zero-order chi connectivity index (χ0) is 16.6. The standard InChI is InChI=1S/C17H14ClN3O2/c1-11-16(19-12-8-9-15(22)14(18)10-12)17(23)21(20(11)2)13-6-4-3-5-7-13/h3-10H,1-2H3/b19-12-. The highest BCUT2D eigenvalue weighted by atomic mass is 35.5. The van der Waals surface area contributed by atoms with Gasteiger partial charge >= 0.3 is 0 Å². The summed E-state index contributed by atoms with van der Waals surface area (Å²) in [7, 11) is 1.80. The van der Waals surface area contributed by atoms with Crippen LogP contribution in [-0.4, -0.2) is 20.9 Å². The Morgan fingerprint density at radius 3 is 2.43 bits per heavy atom. The molecule has 23 heavy (non-hydrogen) atoms. The first kappa shape index (κ1) is 15.2. The van der Waals surface area contributed by atoms with Gasteiger partial charge in [0.1, 0.15) is 0 Å². The van der Waals surface area contributed by atoms with Crippen molar-refractivity contribution in [2.24, 2.45) is 12.0 Å². The van der Waals surface area contributed by atoms with Gasteiger partial charge in [0.2, 0.25) is 0 Å². The first-order valence-electron chi connectivity index (χ1n) is 7.01. The van der Waals surface area contributed by atoms with E-state index in [9.17, 15) is 9.59 Å². The molecule has 0 saturated heterocycles. The summed E-state index contributed by atoms with van der Waals surface area (Å²) in [6, 6.07) is 9.34. The topological polar surface area (TPSA) is 56.4 Å². The highest BCUT2D eigenvalue weighted by Gasteiger charge is 2.17. The summed E-state index contributed by atoms with van der Waals surface area (Å²) in [5, 5.41) is 0.0863. The molecule has 0 N–H and O–H groups in total. The lowest BCUT2D eigenvalue weighted by Crippen LogP contribution is -2.19. The van der Waals surface area contributed by atoms with Crippen molar-refractivity contribution in [1.29, 1.82) is 0 Å². The lowest BCUT2D eigenvalue weighted by atomic mass is 10.1. The molecule has 1 heterocycles. The van der Waals surface area contributed by atoms with Crippen LogP contribution in [0.25, 0.3) is 5.69 Å². The molecule has 3 rings (SSSR count). The van der Waals surface area contributed by atoms with Crippen molar-refractivity contribution in [3.63, 3.8) is 0 Å². The molecule has 1 aliphatic rings. The van der Waals surface area contributed by atoms with E-state index in [0.29, 0.717) is 11.4 Å². The van der Waals surface area contributed by atoms with Crippen molar-refractivity contribution in [2.45, 2.75) is 6.92 Å². The summed E-state index contributed by atoms with van der Waals surface area (Å²) in [5.74, 6) is -0.267. The van der Waals surface area contributed by atoms with Gasteiger partial charge in [0.05, 0.1) is 22.1 Å². The average Bonchev–Trinajstić information content (AvgIpc) is 2.75. The van der Waals surface area contributed by atoms with E-state index in [1.807, 2.05) is 37.3 Å². The van der Waals surface area contributed by atoms with Crippen LogP contribution in [-0.2, 0) is 11.8 Å². The largest absolute Gasteiger partial charge is 0.297 e. The molecule has 2 aromatic rings. The number of aromatic nitrogens is 2. The van der Waals surface area contributed by atoms with Crippen molar-refractivity contribution < 1.29 is 4.79 Å². The number of carbonyl (C=O) groups is 1. The van der Waals surface area contributed by atoms with Gasteiger partial charge in [0.15, 0.2) is 11.5 Å². The number of hydrogen-bond acceptors (Lipinski definition) is 3. The summed E-state index contributed by atoms with van der Waals surface area (Å²) >= 11 is 5.83. The minimum absolute atomic E-state index is 0.0863. The Morgan fingerprint density at radius 2 is 1.78 bits per heavy atom. The fourth-order valence-electron chi connectivity index (χ4n) is 2.37. The number of halogens is 1. The molecule has 0 unspecified atom stereocenters. The Balaban J connectivity index is 2.15. The van der Waals surface area contributed by atoms with Crippen molar-refractivity contribution in [1.82, 2.24) is 9.36 Å². The highest BCUT2D eigenvalue weighted by molar-refractivity contribution is 6.47. The van der Waals surface area contributed by atoms with Crippen molar-refractivity contribution in [3.8, 4) is 5.69 Å². The van der Waals surface area contributed by atoms with Crippen LogP contribution in [0.15, 0.2) is 63.4 Å². The molecule has 1 aliphatic carbocycles. The van der Waals surface area contributed by atoms with Crippen LogP contribution in [0.2, 0.25) is 0 Å². The highest BCUT2D eigenvalue weighted by Crippen LogP contribution is 2.19. The number of carbonyl (C=O) groups excluding carboxylic acids is 1. The summed E-state index contributed by atoms with van der Waals surface area (Å²) < 4.78 is 3.30. The summed E-state index contributed by atoms with van der Waals surface area (Å²) in [6.07, 6.45) is 4.35. The first-order valence-corrected chi connectivity index (χ1v) is 7.39. The molecule has 1 aromatic carbocycles. The van der Waals surface area contributed by atoms with Crippen LogP contribution in [0.1, 0.15) is 5.69 Å². The van der Waals surface area contributed by atoms with Gasteiger partial charge in [0, 0.05) is 7.05 Å². The Kier molecular flexibility index (Phi) is 3.88. The molecule has 0 spiro atoms. The number of ketones is 1. The predicted molar refractivity (Wildman–Crippen MR) is 90.9 cm³/mol. The number of aliphatic imine (C=N–C) groups is 1. The molecule has 1 aromatic heterocycles. The van der Waals surface area contributed by atoms with E-state index in [4.69, 9.17) is 11.6 Å². The number of rotatable bonds is 2. The maximum absolute atomic E-state index is 12.7. The molecule has 0 aliphatic heterocycles. The number of benzene rings is 1. The van der Waals surface area contributed by atoms with E-state index in [1.54, 1.807) is 22.5 Å². The molecule has 0 amide bonds. The van der Waals surface area contributed by atoms with Gasteiger partial charge in [-0.2, -0.15) is 0 Å². The fourth-order valence-corrected chi connectivity index (χ4v) is 2.55. The molecule has 116 valence electrons. The van der Waals surface area contributed by atoms with Crippen molar-refractivity contribution >= 4 is 28.8 Å². The fraction of sp³-hybridized carbons (Fsp3) is 0.118. The molecule has 0 radical (unpaired) electrons. The Bertz CT molecular complexity index is 931. The Labute approximate surface area is 137 Å². The Morgan fingerprint density at radius 1 is 1.09 bits per heavy atom. The van der Waals surface area contributed by atoms with Crippen LogP contribution in [0, 0.1) is 6.92 Å². The van der Waals surface area contributed by atoms with Gasteiger partial charge in [-0.1, -0.05) is 29.8 Å². The first-order chi connectivity index (χ1) is 11.0. The lowest BCUT2D eigenvalue weighted by molar-refractivity contribution is -0.110. The number of hydrogen-bond donors (Lipinski definition) is 0. The number of para-hydroxylation sites is 1. The second-order valence-corrected chi connectivity index (χ2v) is 5.54. The van der Waals surface area contributed by atoms with E-state index in [-0.39, 0.29) is 16.4 Å². The van der Waals surface area contributed by atoms with E-state index in [0.717, 1.165) is 11.4 Å². The van der Waals surface area contributed by atoms with Crippen LogP contribution < -0.4 is 5.56 Å². The number of allylic oxidation sites excluding steroid dienone is 4. The molecule has 0 fully saturated rings. The van der Waals surface area contributed by atoms with Gasteiger partial charge in [0.25, 0.3) is 5.56 Å². The van der Waals surface area contributed by atoms with E-state index in [1.165, 1.54) is 12.2 Å². The average molecular weight is 328 g/mol. The maximum atomic E-state index is 12.7. The van der Waals surface area contributed by atoms with Crippen molar-refractivity contribution in [3.05, 3.63) is 69.6 Å². The second-order valence-electron chi connectivity index (χ2n) is 5.14. The van der Waals surface area contributed by atoms with E-state index in [2.05, 4.69) is 4.99 Å². The zero-order valence-corrected chi connectivity index (χ0v) is 13.4. The Hall–Kier alpha value is -2.66. The third-order valence-electron chi connectivity index (χ3n) is 3.68. The van der Waals surface area contributed by atoms with Crippen molar-refractivity contribution in [2.75, 3.05) is 0 Å². The predicted octanol–water partition coefficient (Wildman–Crippen LogP) is 2.82. The maximum Gasteiger partial charge on any atom is 0.297 e. The van der Waals surface area contributed by atoms with Crippen LogP contribution >= 0.6 is 11.6 Å². The monoisotopic (exact) mass is 327 g/mol. The third kappa shape index (κ3) is 2.71. The van der Waals surface area contributed by atoms with Crippen LogP contribution in [0.5, 0.6) is 0 Å². The lowest BCUT2D eigenvalue weighted by Gasteiger charge is -2.07. The molecule has 0 atom stereocenters. The van der Waals surface area contributed by atoms with Gasteiger partial charge < -0.3 is 0 Å². The summed E-state index contributed by atoms with van der Waals surface area (Å²) in [4.78, 5) is 28.4. The van der Waals surface area contributed by atoms with Gasteiger partial charge in [-0.15, -0.1) is 0 Å². The van der Waals surface area contributed by atoms with Gasteiger partial charge in [-0.3, -0.25) is 14.3 Å². The second kappa shape index (κ2) is 5.85. The van der Waals surface area contributed by atoms with E-state index >= 15 is 0 Å². The molecule has 0 saturated carbocycles. The summed E-state index contributed by atoms with van der Waals surface area (Å²) in [5.41, 5.74) is 2.06. The molecular formula is C17H14ClN3O2. The third-order valence-corrected chi connectivity index (χ3v) is 3.98. The normalized spacial score (nSPS) is 16.0. The van der Waals surface area contributed by atoms with Crippen LogP contribution in [0.4, 0.5) is 5.69 Å². The van der Waals surface area contributed by atoms with Gasteiger partial charge in [-0.25, -0.2) is 9.67 Å². The smallest absolute Gasteiger partial charge is 0.288 e. The number of nitrogens with zero attached hydrogens (tertiary/aromatic N) is 3. The molecule has 6 heteroatoms. The molecule has 0 bridgehead atoms. The SMILES string of the molecule is Cc1c(/N=C2/C=CC(=O)C(Cl)=C2)c(=O)n(-c2ccccc2)n1C. The zero-order valence-electron chi connectivity index (χ0n) is 12.7.